The molecule has 1 aromatic carbocycles. The highest BCUT2D eigenvalue weighted by Crippen LogP contribution is 2.12. The van der Waals surface area contributed by atoms with E-state index >= 15 is 0 Å². The van der Waals surface area contributed by atoms with Gasteiger partial charge in [0, 0.05) is 0 Å². The summed E-state index contributed by atoms with van der Waals surface area (Å²) < 4.78 is 31.7. The first-order valence-corrected chi connectivity index (χ1v) is 6.76. The average molecular weight is 273 g/mol. The van der Waals surface area contributed by atoms with Gasteiger partial charge in [0.05, 0.1) is 7.11 Å². The summed E-state index contributed by atoms with van der Waals surface area (Å²) in [4.78, 5) is 11.4. The second-order valence-electron chi connectivity index (χ2n) is 3.69. The molecule has 7 heteroatoms. The Morgan fingerprint density at radius 1 is 1.33 bits per heavy atom. The van der Waals surface area contributed by atoms with Crippen LogP contribution in [0.4, 0.5) is 0 Å². The number of carbonyl (C=O) groups excluding carboxylic acids is 1. The van der Waals surface area contributed by atoms with E-state index in [4.69, 9.17) is 14.6 Å². The average Bonchev–Trinajstić information content (AvgIpc) is 2.34. The number of rotatable bonds is 5. The zero-order valence-electron chi connectivity index (χ0n) is 10.1. The highest BCUT2D eigenvalue weighted by molar-refractivity contribution is 7.90. The fourth-order valence-corrected chi connectivity index (χ4v) is 1.46. The third-order valence-electron chi connectivity index (χ3n) is 2.36. The molecule has 0 aliphatic rings. The Morgan fingerprint density at radius 3 is 2.33 bits per heavy atom. The minimum atomic E-state index is -3.91. The smallest absolute Gasteiger partial charge is 0.325 e. The summed E-state index contributed by atoms with van der Waals surface area (Å²) in [7, 11) is -2.37. The molecular weight excluding hydrogens is 258 g/mol. The minimum absolute atomic E-state index is 0.0112. The first kappa shape index (κ1) is 14.5. The number of ether oxygens (including phenoxy) is 2. The van der Waals surface area contributed by atoms with Crippen molar-refractivity contribution in [1.29, 1.82) is 0 Å². The molecule has 0 aliphatic heterocycles. The lowest BCUT2D eigenvalue weighted by Gasteiger charge is -2.09. The lowest BCUT2D eigenvalue weighted by atomic mass is 10.2. The van der Waals surface area contributed by atoms with Crippen LogP contribution < -0.4 is 9.88 Å². The predicted molar refractivity (Wildman–Crippen MR) is 65.4 cm³/mol. The molecule has 0 heterocycles. The molecule has 0 aromatic heterocycles. The first-order chi connectivity index (χ1) is 8.34. The van der Waals surface area contributed by atoms with E-state index in [1.807, 2.05) is 0 Å². The normalized spacial score (nSPS) is 12.8. The monoisotopic (exact) mass is 273 g/mol. The topological polar surface area (TPSA) is 95.7 Å². The van der Waals surface area contributed by atoms with Crippen LogP contribution in [0.3, 0.4) is 0 Å². The second-order valence-corrected chi connectivity index (χ2v) is 5.57. The Balaban J connectivity index is 2.57. The molecule has 1 unspecified atom stereocenters. The molecule has 0 saturated carbocycles. The van der Waals surface area contributed by atoms with Crippen LogP contribution in [0.5, 0.6) is 5.75 Å². The van der Waals surface area contributed by atoms with Gasteiger partial charge in [0.25, 0.3) is 0 Å². The fourth-order valence-electron chi connectivity index (χ4n) is 1.13. The number of hydrogen-bond donors (Lipinski definition) is 1. The summed E-state index contributed by atoms with van der Waals surface area (Å²) in [6, 6.07) is 6.86. The number of carbonyl (C=O) groups is 1. The SMILES string of the molecule is COc1ccc(COC(=O)C(C)S(N)(=O)=O)cc1. The number of sulfonamides is 1. The largest absolute Gasteiger partial charge is 0.497 e. The molecule has 1 atom stereocenters. The highest BCUT2D eigenvalue weighted by atomic mass is 32.2. The van der Waals surface area contributed by atoms with Gasteiger partial charge in [-0.2, -0.15) is 0 Å². The minimum Gasteiger partial charge on any atom is -0.497 e. The molecule has 0 bridgehead atoms. The molecule has 0 amide bonds. The summed E-state index contributed by atoms with van der Waals surface area (Å²) in [6.07, 6.45) is 0. The van der Waals surface area contributed by atoms with Crippen LogP contribution in [0.2, 0.25) is 0 Å². The molecule has 1 rings (SSSR count). The van der Waals surface area contributed by atoms with Crippen LogP contribution in [-0.4, -0.2) is 26.7 Å². The highest BCUT2D eigenvalue weighted by Gasteiger charge is 2.25. The van der Waals surface area contributed by atoms with Crippen molar-refractivity contribution in [3.8, 4) is 5.75 Å². The van der Waals surface area contributed by atoms with E-state index in [0.717, 1.165) is 5.56 Å². The van der Waals surface area contributed by atoms with Gasteiger partial charge in [0.15, 0.2) is 5.25 Å². The van der Waals surface area contributed by atoms with E-state index in [9.17, 15) is 13.2 Å². The number of hydrogen-bond acceptors (Lipinski definition) is 5. The lowest BCUT2D eigenvalue weighted by Crippen LogP contribution is -2.34. The van der Waals surface area contributed by atoms with E-state index in [2.05, 4.69) is 0 Å². The van der Waals surface area contributed by atoms with Gasteiger partial charge in [-0.05, 0) is 24.6 Å². The van der Waals surface area contributed by atoms with E-state index in [0.29, 0.717) is 5.75 Å². The molecule has 6 nitrogen and oxygen atoms in total. The summed E-state index contributed by atoms with van der Waals surface area (Å²) in [5.41, 5.74) is 0.728. The third kappa shape index (κ3) is 4.01. The Kier molecular flexibility index (Phi) is 4.69. The predicted octanol–water partition coefficient (Wildman–Crippen LogP) is 0.415. The van der Waals surface area contributed by atoms with Crippen molar-refractivity contribution in [2.45, 2.75) is 18.8 Å². The van der Waals surface area contributed by atoms with Crippen molar-refractivity contribution < 1.29 is 22.7 Å². The quantitative estimate of drug-likeness (QED) is 0.784. The molecule has 0 radical (unpaired) electrons. The van der Waals surface area contributed by atoms with Gasteiger partial charge in [0.2, 0.25) is 10.0 Å². The van der Waals surface area contributed by atoms with Gasteiger partial charge < -0.3 is 9.47 Å². The molecule has 100 valence electrons. The van der Waals surface area contributed by atoms with Gasteiger partial charge in [-0.25, -0.2) is 13.6 Å². The molecule has 0 spiro atoms. The van der Waals surface area contributed by atoms with Crippen LogP contribution in [-0.2, 0) is 26.2 Å². The molecule has 2 N–H and O–H groups in total. The molecule has 0 saturated heterocycles. The maximum Gasteiger partial charge on any atom is 0.325 e. The number of primary sulfonamides is 1. The zero-order chi connectivity index (χ0) is 13.8. The maximum absolute atomic E-state index is 11.4. The molecular formula is C11H15NO5S. The fraction of sp³-hybridized carbons (Fsp3) is 0.364. The van der Waals surface area contributed by atoms with Gasteiger partial charge >= 0.3 is 5.97 Å². The van der Waals surface area contributed by atoms with Crippen molar-refractivity contribution >= 4 is 16.0 Å². The van der Waals surface area contributed by atoms with Crippen LogP contribution in [0.1, 0.15) is 12.5 Å². The summed E-state index contributed by atoms with van der Waals surface area (Å²) >= 11 is 0. The van der Waals surface area contributed by atoms with Crippen molar-refractivity contribution in [2.75, 3.05) is 7.11 Å². The van der Waals surface area contributed by atoms with Gasteiger partial charge in [-0.3, -0.25) is 4.79 Å². The van der Waals surface area contributed by atoms with Crippen LogP contribution in [0.15, 0.2) is 24.3 Å². The van der Waals surface area contributed by atoms with Gasteiger partial charge in [-0.15, -0.1) is 0 Å². The summed E-state index contributed by atoms with van der Waals surface area (Å²) in [6.45, 7) is 1.17. The van der Waals surface area contributed by atoms with Gasteiger partial charge in [-0.1, -0.05) is 12.1 Å². The van der Waals surface area contributed by atoms with E-state index < -0.39 is 21.2 Å². The lowest BCUT2D eigenvalue weighted by molar-refractivity contribution is -0.144. The number of benzene rings is 1. The van der Waals surface area contributed by atoms with E-state index in [-0.39, 0.29) is 6.61 Å². The Bertz CT molecular complexity index is 509. The number of methoxy groups -OCH3 is 1. The second kappa shape index (κ2) is 5.83. The van der Waals surface area contributed by atoms with Crippen LogP contribution in [0.25, 0.3) is 0 Å². The van der Waals surface area contributed by atoms with Crippen molar-refractivity contribution in [2.24, 2.45) is 5.14 Å². The molecule has 0 fully saturated rings. The third-order valence-corrected chi connectivity index (χ3v) is 3.54. The molecule has 18 heavy (non-hydrogen) atoms. The Labute approximate surface area is 106 Å². The summed E-state index contributed by atoms with van der Waals surface area (Å²) in [5.74, 6) is -0.184. The Hall–Kier alpha value is -1.60. The molecule has 0 aliphatic carbocycles. The van der Waals surface area contributed by atoms with Crippen molar-refractivity contribution in [1.82, 2.24) is 0 Å². The van der Waals surface area contributed by atoms with E-state index in [1.54, 1.807) is 31.4 Å². The Morgan fingerprint density at radius 2 is 1.89 bits per heavy atom. The zero-order valence-corrected chi connectivity index (χ0v) is 10.9. The van der Waals surface area contributed by atoms with Crippen LogP contribution >= 0.6 is 0 Å². The molecule has 1 aromatic rings. The summed E-state index contributed by atoms with van der Waals surface area (Å²) in [5, 5.41) is 3.48. The maximum atomic E-state index is 11.4. The first-order valence-electron chi connectivity index (χ1n) is 5.15. The van der Waals surface area contributed by atoms with Gasteiger partial charge in [0.1, 0.15) is 12.4 Å². The van der Waals surface area contributed by atoms with E-state index in [1.165, 1.54) is 6.92 Å². The van der Waals surface area contributed by atoms with Crippen molar-refractivity contribution in [3.63, 3.8) is 0 Å². The van der Waals surface area contributed by atoms with Crippen LogP contribution in [0, 0.1) is 0 Å². The number of nitrogens with two attached hydrogens (primary N) is 1. The van der Waals surface area contributed by atoms with Crippen molar-refractivity contribution in [3.05, 3.63) is 29.8 Å². The number of esters is 1. The standard InChI is InChI=1S/C11H15NO5S/c1-8(18(12,14)15)11(13)17-7-9-3-5-10(16-2)6-4-9/h3-6,8H,7H2,1-2H3,(H2,12,14,15).